The van der Waals surface area contributed by atoms with Crippen LogP contribution >= 0.6 is 0 Å². The van der Waals surface area contributed by atoms with Crippen molar-refractivity contribution in [2.24, 2.45) is 0 Å². The van der Waals surface area contributed by atoms with Crippen LogP contribution in [-0.2, 0) is 0 Å². The number of hydrogen-bond acceptors (Lipinski definition) is 3. The zero-order chi connectivity index (χ0) is 20.7. The minimum Gasteiger partial charge on any atom is -0.497 e. The first-order chi connectivity index (χ1) is 13.4. The van der Waals surface area contributed by atoms with Gasteiger partial charge in [0.05, 0.1) is 18.7 Å². The fourth-order valence-electron chi connectivity index (χ4n) is 2.73. The minimum absolute atomic E-state index is 0.0456. The highest BCUT2D eigenvalue weighted by molar-refractivity contribution is 5.95. The van der Waals surface area contributed by atoms with E-state index in [2.05, 4.69) is 10.6 Å². The molecule has 28 heavy (non-hydrogen) atoms. The Morgan fingerprint density at radius 3 is 2.29 bits per heavy atom. The van der Waals surface area contributed by atoms with Gasteiger partial charge < -0.3 is 20.3 Å². The molecule has 1 unspecified atom stereocenters. The van der Waals surface area contributed by atoms with E-state index < -0.39 is 11.7 Å². The molecule has 6 nitrogen and oxygen atoms in total. The van der Waals surface area contributed by atoms with Crippen LogP contribution < -0.4 is 15.4 Å². The summed E-state index contributed by atoms with van der Waals surface area (Å²) in [4.78, 5) is 26.1. The quantitative estimate of drug-likeness (QED) is 0.748. The Balaban J connectivity index is 2.01. The van der Waals surface area contributed by atoms with Gasteiger partial charge in [0, 0.05) is 24.8 Å². The number of rotatable bonds is 7. The lowest BCUT2D eigenvalue weighted by Gasteiger charge is -2.20. The third-order valence-corrected chi connectivity index (χ3v) is 4.48. The first kappa shape index (κ1) is 21.2. The van der Waals surface area contributed by atoms with Crippen molar-refractivity contribution in [1.82, 2.24) is 10.2 Å². The van der Waals surface area contributed by atoms with E-state index in [1.165, 1.54) is 25.3 Å². The summed E-state index contributed by atoms with van der Waals surface area (Å²) in [6.07, 6.45) is 0. The molecular weight excluding hydrogens is 361 g/mol. The van der Waals surface area contributed by atoms with Gasteiger partial charge in [0.25, 0.3) is 5.91 Å². The Kier molecular flexibility index (Phi) is 7.37. The lowest BCUT2D eigenvalue weighted by molar-refractivity contribution is 0.0935. The number of carbonyl (C=O) groups excluding carboxylic acids is 2. The lowest BCUT2D eigenvalue weighted by atomic mass is 10.1. The van der Waals surface area contributed by atoms with Gasteiger partial charge in [-0.1, -0.05) is 12.1 Å². The summed E-state index contributed by atoms with van der Waals surface area (Å²) in [5, 5.41) is 5.61. The molecule has 3 amide bonds. The number of halogens is 1. The molecule has 2 N–H and O–H groups in total. The Morgan fingerprint density at radius 1 is 1.11 bits per heavy atom. The van der Waals surface area contributed by atoms with Crippen molar-refractivity contribution >= 4 is 17.6 Å². The highest BCUT2D eigenvalue weighted by atomic mass is 19.1. The molecule has 0 radical (unpaired) electrons. The predicted molar refractivity (Wildman–Crippen MR) is 107 cm³/mol. The molecule has 1 atom stereocenters. The van der Waals surface area contributed by atoms with Crippen molar-refractivity contribution in [2.75, 3.05) is 25.5 Å². The summed E-state index contributed by atoms with van der Waals surface area (Å²) in [5.74, 6) is -0.797. The Morgan fingerprint density at radius 2 is 1.75 bits per heavy atom. The fourth-order valence-corrected chi connectivity index (χ4v) is 2.73. The number of ether oxygens (including phenoxy) is 1. The average Bonchev–Trinajstić information content (AvgIpc) is 2.69. The van der Waals surface area contributed by atoms with E-state index in [1.807, 2.05) is 32.9 Å². The number of anilines is 1. The zero-order valence-electron chi connectivity index (χ0n) is 16.6. The van der Waals surface area contributed by atoms with E-state index in [0.29, 0.717) is 24.5 Å². The second-order valence-electron chi connectivity index (χ2n) is 6.27. The van der Waals surface area contributed by atoms with E-state index in [9.17, 15) is 14.0 Å². The number of hydrogen-bond donors (Lipinski definition) is 2. The molecule has 0 heterocycles. The number of amides is 3. The molecule has 0 aliphatic heterocycles. The van der Waals surface area contributed by atoms with Crippen molar-refractivity contribution in [3.8, 4) is 5.75 Å². The summed E-state index contributed by atoms with van der Waals surface area (Å²) in [7, 11) is 1.44. The Labute approximate surface area is 164 Å². The maximum Gasteiger partial charge on any atom is 0.321 e. The summed E-state index contributed by atoms with van der Waals surface area (Å²) in [6, 6.07) is 10.8. The van der Waals surface area contributed by atoms with Gasteiger partial charge in [0.1, 0.15) is 11.6 Å². The average molecular weight is 387 g/mol. The van der Waals surface area contributed by atoms with Crippen LogP contribution in [-0.4, -0.2) is 37.0 Å². The maximum absolute atomic E-state index is 14.1. The molecule has 2 aromatic carbocycles. The van der Waals surface area contributed by atoms with Crippen molar-refractivity contribution in [3.05, 3.63) is 59.4 Å². The van der Waals surface area contributed by atoms with E-state index in [4.69, 9.17) is 4.74 Å². The molecule has 0 aliphatic rings. The molecule has 0 spiro atoms. The van der Waals surface area contributed by atoms with Gasteiger partial charge in [-0.25, -0.2) is 9.18 Å². The molecule has 0 fully saturated rings. The van der Waals surface area contributed by atoms with Crippen LogP contribution in [0, 0.1) is 5.82 Å². The smallest absolute Gasteiger partial charge is 0.321 e. The molecule has 2 aromatic rings. The predicted octanol–water partition coefficient (Wildman–Crippen LogP) is 4.20. The molecule has 0 saturated carbocycles. The maximum atomic E-state index is 14.1. The van der Waals surface area contributed by atoms with Crippen LogP contribution in [0.1, 0.15) is 42.7 Å². The van der Waals surface area contributed by atoms with Crippen molar-refractivity contribution in [3.63, 3.8) is 0 Å². The summed E-state index contributed by atoms with van der Waals surface area (Å²) in [5.41, 5.74) is 1.46. The number of benzene rings is 2. The third-order valence-electron chi connectivity index (χ3n) is 4.48. The van der Waals surface area contributed by atoms with E-state index in [-0.39, 0.29) is 17.6 Å². The van der Waals surface area contributed by atoms with Gasteiger partial charge in [-0.3, -0.25) is 4.79 Å². The van der Waals surface area contributed by atoms with Gasteiger partial charge in [-0.15, -0.1) is 0 Å². The summed E-state index contributed by atoms with van der Waals surface area (Å²) in [6.45, 7) is 6.91. The highest BCUT2D eigenvalue weighted by Crippen LogP contribution is 2.19. The van der Waals surface area contributed by atoms with Gasteiger partial charge in [-0.05, 0) is 50.6 Å². The number of methoxy groups -OCH3 is 1. The van der Waals surface area contributed by atoms with Crippen LogP contribution in [0.4, 0.5) is 14.9 Å². The first-order valence-electron chi connectivity index (χ1n) is 9.19. The number of carbonyl (C=O) groups is 2. The monoisotopic (exact) mass is 387 g/mol. The lowest BCUT2D eigenvalue weighted by Crippen LogP contribution is -2.34. The van der Waals surface area contributed by atoms with E-state index in [1.54, 1.807) is 17.0 Å². The van der Waals surface area contributed by atoms with Crippen molar-refractivity contribution in [2.45, 2.75) is 26.8 Å². The molecule has 0 aromatic heterocycles. The minimum atomic E-state index is -0.640. The van der Waals surface area contributed by atoms with Crippen LogP contribution in [0.25, 0.3) is 0 Å². The second kappa shape index (κ2) is 9.73. The van der Waals surface area contributed by atoms with Crippen molar-refractivity contribution in [1.29, 1.82) is 0 Å². The third kappa shape index (κ3) is 5.22. The molecule has 0 aliphatic carbocycles. The van der Waals surface area contributed by atoms with Crippen LogP contribution in [0.5, 0.6) is 5.75 Å². The van der Waals surface area contributed by atoms with Gasteiger partial charge in [0.15, 0.2) is 0 Å². The number of urea groups is 1. The van der Waals surface area contributed by atoms with Crippen LogP contribution in [0.3, 0.4) is 0 Å². The van der Waals surface area contributed by atoms with Gasteiger partial charge in [0.2, 0.25) is 0 Å². The normalized spacial score (nSPS) is 11.5. The standard InChI is InChI=1S/C21H26FN3O3/c1-5-25(6-2)21(27)24-16-9-7-15(8-10-16)14(3)23-20(26)18-12-11-17(28-4)13-19(18)22/h7-14H,5-6H2,1-4H3,(H,23,26)(H,24,27). The zero-order valence-corrected chi connectivity index (χ0v) is 16.6. The Bertz CT molecular complexity index is 820. The fraction of sp³-hybridized carbons (Fsp3) is 0.333. The van der Waals surface area contributed by atoms with E-state index >= 15 is 0 Å². The summed E-state index contributed by atoms with van der Waals surface area (Å²) >= 11 is 0. The number of nitrogens with one attached hydrogen (secondary N) is 2. The molecular formula is C21H26FN3O3. The topological polar surface area (TPSA) is 70.7 Å². The Hall–Kier alpha value is -3.09. The first-order valence-corrected chi connectivity index (χ1v) is 9.19. The molecule has 7 heteroatoms. The molecule has 0 bridgehead atoms. The van der Waals surface area contributed by atoms with Gasteiger partial charge >= 0.3 is 6.03 Å². The van der Waals surface area contributed by atoms with E-state index in [0.717, 1.165) is 5.56 Å². The van der Waals surface area contributed by atoms with Crippen LogP contribution in [0.2, 0.25) is 0 Å². The summed E-state index contributed by atoms with van der Waals surface area (Å²) < 4.78 is 19.0. The molecule has 0 saturated heterocycles. The van der Waals surface area contributed by atoms with Crippen molar-refractivity contribution < 1.29 is 18.7 Å². The van der Waals surface area contributed by atoms with Gasteiger partial charge in [-0.2, -0.15) is 0 Å². The SMILES string of the molecule is CCN(CC)C(=O)Nc1ccc(C(C)NC(=O)c2ccc(OC)cc2F)cc1. The molecule has 2 rings (SSSR count). The molecule has 150 valence electrons. The van der Waals surface area contributed by atoms with Crippen LogP contribution in [0.15, 0.2) is 42.5 Å². The largest absolute Gasteiger partial charge is 0.497 e. The second-order valence-corrected chi connectivity index (χ2v) is 6.27. The highest BCUT2D eigenvalue weighted by Gasteiger charge is 2.16. The number of nitrogens with zero attached hydrogens (tertiary/aromatic N) is 1.